The van der Waals surface area contributed by atoms with E-state index in [1.54, 1.807) is 6.20 Å². The van der Waals surface area contributed by atoms with Gasteiger partial charge in [-0.15, -0.1) is 0 Å². The molecule has 1 saturated heterocycles. The maximum Gasteiger partial charge on any atom is 0.323 e. The Morgan fingerprint density at radius 2 is 1.93 bits per heavy atom. The van der Waals surface area contributed by atoms with Crippen LogP contribution in [0.15, 0.2) is 42.6 Å². The fourth-order valence-corrected chi connectivity index (χ4v) is 3.57. The average Bonchev–Trinajstić information content (AvgIpc) is 2.97. The minimum Gasteiger partial charge on any atom is -0.323 e. The van der Waals surface area contributed by atoms with Crippen LogP contribution in [0.2, 0.25) is 0 Å². The summed E-state index contributed by atoms with van der Waals surface area (Å²) in [6.45, 7) is 7.60. The lowest BCUT2D eigenvalue weighted by Crippen LogP contribution is -2.38. The molecule has 0 unspecified atom stereocenters. The maximum atomic E-state index is 12.6. The standard InChI is InChI=1S/C21H31N5O/c1-2-13-26-20(11-12-22-26)23-21(27)25-16-7-15-24(17-18-25)14-6-10-19-8-4-3-5-9-19/h3-5,8-9,11-12H,2,6-7,10,13-18H2,1H3,(H,23,27). The van der Waals surface area contributed by atoms with Crippen molar-refractivity contribution in [3.63, 3.8) is 0 Å². The number of anilines is 1. The summed E-state index contributed by atoms with van der Waals surface area (Å²) in [6.07, 6.45) is 6.02. The normalized spacial score (nSPS) is 15.5. The lowest BCUT2D eigenvalue weighted by atomic mass is 10.1. The van der Waals surface area contributed by atoms with Crippen LogP contribution in [0, 0.1) is 0 Å². The zero-order valence-electron chi connectivity index (χ0n) is 16.3. The highest BCUT2D eigenvalue weighted by Gasteiger charge is 2.19. The molecule has 0 bridgehead atoms. The van der Waals surface area contributed by atoms with Gasteiger partial charge in [-0.2, -0.15) is 5.10 Å². The van der Waals surface area contributed by atoms with E-state index in [-0.39, 0.29) is 6.03 Å². The van der Waals surface area contributed by atoms with Crippen LogP contribution >= 0.6 is 0 Å². The van der Waals surface area contributed by atoms with Crippen molar-refractivity contribution in [1.29, 1.82) is 0 Å². The zero-order chi connectivity index (χ0) is 18.9. The Kier molecular flexibility index (Phi) is 7.27. The second-order valence-corrected chi connectivity index (χ2v) is 7.14. The number of aromatic nitrogens is 2. The molecule has 1 N–H and O–H groups in total. The smallest absolute Gasteiger partial charge is 0.323 e. The number of nitrogens with zero attached hydrogens (tertiary/aromatic N) is 4. The van der Waals surface area contributed by atoms with E-state index >= 15 is 0 Å². The molecule has 3 rings (SSSR count). The molecule has 1 aliphatic heterocycles. The van der Waals surface area contributed by atoms with E-state index in [2.05, 4.69) is 52.6 Å². The third-order valence-electron chi connectivity index (χ3n) is 5.05. The van der Waals surface area contributed by atoms with Crippen LogP contribution in [0.25, 0.3) is 0 Å². The first-order chi connectivity index (χ1) is 13.3. The molecule has 1 fully saturated rings. The summed E-state index contributed by atoms with van der Waals surface area (Å²) in [6, 6.07) is 12.5. The van der Waals surface area contributed by atoms with E-state index in [0.29, 0.717) is 0 Å². The number of aryl methyl sites for hydroxylation is 2. The average molecular weight is 370 g/mol. The Hall–Kier alpha value is -2.34. The number of hydrogen-bond donors (Lipinski definition) is 1. The van der Waals surface area contributed by atoms with Gasteiger partial charge < -0.3 is 9.80 Å². The first-order valence-corrected chi connectivity index (χ1v) is 10.1. The Bertz CT molecular complexity index is 700. The highest BCUT2D eigenvalue weighted by atomic mass is 16.2. The summed E-state index contributed by atoms with van der Waals surface area (Å²) in [7, 11) is 0. The number of benzene rings is 1. The predicted octanol–water partition coefficient (Wildman–Crippen LogP) is 3.47. The van der Waals surface area contributed by atoms with Crippen LogP contribution in [0.1, 0.15) is 31.7 Å². The molecule has 2 heterocycles. The van der Waals surface area contributed by atoms with Crippen LogP contribution in [-0.4, -0.2) is 58.3 Å². The van der Waals surface area contributed by atoms with Gasteiger partial charge >= 0.3 is 6.03 Å². The monoisotopic (exact) mass is 369 g/mol. The molecule has 0 saturated carbocycles. The summed E-state index contributed by atoms with van der Waals surface area (Å²) in [4.78, 5) is 17.1. The van der Waals surface area contributed by atoms with Gasteiger partial charge in [0.1, 0.15) is 5.82 Å². The molecule has 2 amide bonds. The number of urea groups is 1. The van der Waals surface area contributed by atoms with Gasteiger partial charge in [0.15, 0.2) is 0 Å². The van der Waals surface area contributed by atoms with Crippen LogP contribution in [0.4, 0.5) is 10.6 Å². The molecule has 2 aromatic rings. The minimum absolute atomic E-state index is 0.0148. The third-order valence-corrected chi connectivity index (χ3v) is 5.05. The van der Waals surface area contributed by atoms with E-state index in [1.165, 1.54) is 5.56 Å². The van der Waals surface area contributed by atoms with Crippen LogP contribution in [-0.2, 0) is 13.0 Å². The molecule has 1 aromatic carbocycles. The summed E-state index contributed by atoms with van der Waals surface area (Å²) in [5, 5.41) is 7.29. The Labute approximate surface area is 162 Å². The second-order valence-electron chi connectivity index (χ2n) is 7.14. The number of carbonyl (C=O) groups is 1. The second kappa shape index (κ2) is 10.1. The molecule has 146 valence electrons. The molecule has 1 aromatic heterocycles. The molecule has 0 aliphatic carbocycles. The van der Waals surface area contributed by atoms with Crippen molar-refractivity contribution >= 4 is 11.8 Å². The predicted molar refractivity (Wildman–Crippen MR) is 109 cm³/mol. The first kappa shape index (κ1) is 19.4. The number of carbonyl (C=O) groups excluding carboxylic acids is 1. The van der Waals surface area contributed by atoms with Crippen molar-refractivity contribution in [2.45, 2.75) is 39.2 Å². The molecule has 1 aliphatic rings. The van der Waals surface area contributed by atoms with Gasteiger partial charge in [0.25, 0.3) is 0 Å². The lowest BCUT2D eigenvalue weighted by molar-refractivity contribution is 0.211. The van der Waals surface area contributed by atoms with Gasteiger partial charge in [-0.3, -0.25) is 5.32 Å². The topological polar surface area (TPSA) is 53.4 Å². The van der Waals surface area contributed by atoms with Crippen molar-refractivity contribution < 1.29 is 4.79 Å². The Morgan fingerprint density at radius 3 is 2.74 bits per heavy atom. The summed E-state index contributed by atoms with van der Waals surface area (Å²) < 4.78 is 1.85. The number of nitrogens with one attached hydrogen (secondary N) is 1. The Balaban J connectivity index is 1.43. The quantitative estimate of drug-likeness (QED) is 0.813. The van der Waals surface area contributed by atoms with E-state index in [9.17, 15) is 4.79 Å². The van der Waals surface area contributed by atoms with Gasteiger partial charge in [-0.25, -0.2) is 9.48 Å². The Morgan fingerprint density at radius 1 is 1.07 bits per heavy atom. The molecule has 0 atom stereocenters. The molecule has 0 spiro atoms. The SMILES string of the molecule is CCCn1nccc1NC(=O)N1CCCN(CCCc2ccccc2)CC1. The molecule has 0 radical (unpaired) electrons. The van der Waals surface area contributed by atoms with Crippen LogP contribution in [0.5, 0.6) is 0 Å². The fraction of sp³-hybridized carbons (Fsp3) is 0.524. The van der Waals surface area contributed by atoms with Gasteiger partial charge in [0.05, 0.1) is 6.20 Å². The number of rotatable bonds is 7. The van der Waals surface area contributed by atoms with E-state index in [1.807, 2.05) is 15.6 Å². The number of amides is 2. The summed E-state index contributed by atoms with van der Waals surface area (Å²) in [5.74, 6) is 0.783. The van der Waals surface area contributed by atoms with E-state index in [4.69, 9.17) is 0 Å². The summed E-state index contributed by atoms with van der Waals surface area (Å²) in [5.41, 5.74) is 1.40. The van der Waals surface area contributed by atoms with Crippen LogP contribution in [0.3, 0.4) is 0 Å². The summed E-state index contributed by atoms with van der Waals surface area (Å²) >= 11 is 0. The highest BCUT2D eigenvalue weighted by Crippen LogP contribution is 2.11. The van der Waals surface area contributed by atoms with Gasteiger partial charge in [0.2, 0.25) is 0 Å². The van der Waals surface area contributed by atoms with Crippen molar-refractivity contribution in [3.05, 3.63) is 48.2 Å². The van der Waals surface area contributed by atoms with Gasteiger partial charge in [0, 0.05) is 32.2 Å². The fourth-order valence-electron chi connectivity index (χ4n) is 3.57. The largest absolute Gasteiger partial charge is 0.323 e. The minimum atomic E-state index is -0.0148. The van der Waals surface area contributed by atoms with Crippen molar-refractivity contribution in [3.8, 4) is 0 Å². The first-order valence-electron chi connectivity index (χ1n) is 10.1. The zero-order valence-corrected chi connectivity index (χ0v) is 16.3. The highest BCUT2D eigenvalue weighted by molar-refractivity contribution is 5.88. The van der Waals surface area contributed by atoms with Crippen molar-refractivity contribution in [1.82, 2.24) is 19.6 Å². The molecular weight excluding hydrogens is 338 g/mol. The maximum absolute atomic E-state index is 12.6. The molecule has 6 nitrogen and oxygen atoms in total. The number of hydrogen-bond acceptors (Lipinski definition) is 3. The molecule has 6 heteroatoms. The van der Waals surface area contributed by atoms with Gasteiger partial charge in [-0.1, -0.05) is 37.3 Å². The molecular formula is C21H31N5O. The van der Waals surface area contributed by atoms with E-state index in [0.717, 1.165) is 70.8 Å². The third kappa shape index (κ3) is 5.82. The van der Waals surface area contributed by atoms with Crippen molar-refractivity contribution in [2.24, 2.45) is 0 Å². The van der Waals surface area contributed by atoms with E-state index < -0.39 is 0 Å². The van der Waals surface area contributed by atoms with Gasteiger partial charge in [-0.05, 0) is 44.3 Å². The van der Waals surface area contributed by atoms with Crippen molar-refractivity contribution in [2.75, 3.05) is 38.0 Å². The lowest BCUT2D eigenvalue weighted by Gasteiger charge is -2.22. The van der Waals surface area contributed by atoms with Crippen LogP contribution < -0.4 is 5.32 Å². The molecule has 27 heavy (non-hydrogen) atoms.